The molecule has 0 unspecified atom stereocenters. The van der Waals surface area contributed by atoms with Crippen molar-refractivity contribution < 1.29 is 9.32 Å². The van der Waals surface area contributed by atoms with Crippen LogP contribution in [0, 0.1) is 0 Å². The smallest absolute Gasteiger partial charge is 0.275 e. The molecular formula is C10H15ClN2O2. The SMILES string of the molecule is CN(CCCCCCl)C(=O)c1ccon1. The number of hydrogen-bond donors (Lipinski definition) is 0. The molecule has 15 heavy (non-hydrogen) atoms. The zero-order valence-corrected chi connectivity index (χ0v) is 9.54. The van der Waals surface area contributed by atoms with Crippen molar-refractivity contribution in [2.75, 3.05) is 19.5 Å². The van der Waals surface area contributed by atoms with Gasteiger partial charge in [-0.25, -0.2) is 0 Å². The quantitative estimate of drug-likeness (QED) is 0.556. The maximum Gasteiger partial charge on any atom is 0.275 e. The monoisotopic (exact) mass is 230 g/mol. The molecule has 5 heteroatoms. The Bertz CT molecular complexity index is 288. The molecule has 0 bridgehead atoms. The number of carbonyl (C=O) groups is 1. The van der Waals surface area contributed by atoms with Crippen LogP contribution >= 0.6 is 11.6 Å². The molecule has 0 spiro atoms. The highest BCUT2D eigenvalue weighted by atomic mass is 35.5. The summed E-state index contributed by atoms with van der Waals surface area (Å²) < 4.78 is 4.61. The third kappa shape index (κ3) is 3.91. The molecule has 0 fully saturated rings. The van der Waals surface area contributed by atoms with Crippen molar-refractivity contribution in [2.24, 2.45) is 0 Å². The summed E-state index contributed by atoms with van der Waals surface area (Å²) in [5, 5.41) is 3.59. The van der Waals surface area contributed by atoms with Gasteiger partial charge in [0, 0.05) is 25.5 Å². The van der Waals surface area contributed by atoms with Crippen LogP contribution in [-0.4, -0.2) is 35.4 Å². The van der Waals surface area contributed by atoms with Crippen LogP contribution in [0.3, 0.4) is 0 Å². The highest BCUT2D eigenvalue weighted by Crippen LogP contribution is 2.03. The average molecular weight is 231 g/mol. The molecule has 0 aromatic carbocycles. The fourth-order valence-corrected chi connectivity index (χ4v) is 1.43. The predicted molar refractivity (Wildman–Crippen MR) is 58.0 cm³/mol. The van der Waals surface area contributed by atoms with Crippen LogP contribution in [0.5, 0.6) is 0 Å². The highest BCUT2D eigenvalue weighted by molar-refractivity contribution is 6.17. The molecule has 1 rings (SSSR count). The largest absolute Gasteiger partial charge is 0.364 e. The van der Waals surface area contributed by atoms with Crippen molar-refractivity contribution in [3.05, 3.63) is 18.0 Å². The van der Waals surface area contributed by atoms with Gasteiger partial charge in [0.2, 0.25) is 0 Å². The van der Waals surface area contributed by atoms with Gasteiger partial charge in [0.25, 0.3) is 5.91 Å². The van der Waals surface area contributed by atoms with E-state index in [2.05, 4.69) is 9.68 Å². The summed E-state index contributed by atoms with van der Waals surface area (Å²) in [4.78, 5) is 13.3. The molecule has 0 saturated carbocycles. The van der Waals surface area contributed by atoms with Gasteiger partial charge in [-0.3, -0.25) is 4.79 Å². The lowest BCUT2D eigenvalue weighted by Gasteiger charge is -2.14. The Kier molecular flexibility index (Phi) is 5.18. The van der Waals surface area contributed by atoms with Crippen molar-refractivity contribution in [2.45, 2.75) is 19.3 Å². The Morgan fingerprint density at radius 2 is 2.33 bits per heavy atom. The summed E-state index contributed by atoms with van der Waals surface area (Å²) >= 11 is 5.56. The summed E-state index contributed by atoms with van der Waals surface area (Å²) in [6, 6.07) is 1.57. The van der Waals surface area contributed by atoms with Gasteiger partial charge < -0.3 is 9.42 Å². The van der Waals surface area contributed by atoms with Crippen LogP contribution in [-0.2, 0) is 0 Å². The van der Waals surface area contributed by atoms with Crippen LogP contribution in [0.4, 0.5) is 0 Å². The normalized spacial score (nSPS) is 10.3. The maximum absolute atomic E-state index is 11.6. The van der Waals surface area contributed by atoms with Crippen LogP contribution < -0.4 is 0 Å². The summed E-state index contributed by atoms with van der Waals surface area (Å²) in [7, 11) is 1.76. The van der Waals surface area contributed by atoms with Crippen molar-refractivity contribution in [1.82, 2.24) is 10.1 Å². The Morgan fingerprint density at radius 3 is 2.93 bits per heavy atom. The molecule has 0 radical (unpaired) electrons. The fraction of sp³-hybridized carbons (Fsp3) is 0.600. The van der Waals surface area contributed by atoms with E-state index in [-0.39, 0.29) is 5.91 Å². The van der Waals surface area contributed by atoms with Gasteiger partial charge in [0.05, 0.1) is 0 Å². The fourth-order valence-electron chi connectivity index (χ4n) is 1.24. The van der Waals surface area contributed by atoms with E-state index in [0.29, 0.717) is 11.6 Å². The van der Waals surface area contributed by atoms with Gasteiger partial charge >= 0.3 is 0 Å². The molecule has 1 aromatic rings. The maximum atomic E-state index is 11.6. The first-order chi connectivity index (χ1) is 7.25. The van der Waals surface area contributed by atoms with Crippen LogP contribution in [0.2, 0.25) is 0 Å². The first-order valence-corrected chi connectivity index (χ1v) is 5.51. The first-order valence-electron chi connectivity index (χ1n) is 4.97. The van der Waals surface area contributed by atoms with Crippen LogP contribution in [0.25, 0.3) is 0 Å². The van der Waals surface area contributed by atoms with E-state index in [1.165, 1.54) is 6.26 Å². The van der Waals surface area contributed by atoms with Gasteiger partial charge in [-0.05, 0) is 12.8 Å². The third-order valence-corrected chi connectivity index (χ3v) is 2.40. The molecule has 0 aliphatic carbocycles. The minimum Gasteiger partial charge on any atom is -0.364 e. The van der Waals surface area contributed by atoms with E-state index >= 15 is 0 Å². The number of unbranched alkanes of at least 4 members (excludes halogenated alkanes) is 2. The molecule has 0 N–H and O–H groups in total. The summed E-state index contributed by atoms with van der Waals surface area (Å²) in [5.74, 6) is 0.579. The third-order valence-electron chi connectivity index (χ3n) is 2.13. The minimum absolute atomic E-state index is 0.102. The van der Waals surface area contributed by atoms with E-state index in [0.717, 1.165) is 25.8 Å². The van der Waals surface area contributed by atoms with Gasteiger partial charge in [0.1, 0.15) is 6.26 Å². The number of hydrogen-bond acceptors (Lipinski definition) is 3. The van der Waals surface area contributed by atoms with Gasteiger partial charge in [-0.15, -0.1) is 11.6 Å². The van der Waals surface area contributed by atoms with Gasteiger partial charge in [-0.2, -0.15) is 0 Å². The molecule has 1 amide bonds. The van der Waals surface area contributed by atoms with Crippen molar-refractivity contribution in [3.8, 4) is 0 Å². The summed E-state index contributed by atoms with van der Waals surface area (Å²) in [6.45, 7) is 0.725. The van der Waals surface area contributed by atoms with Gasteiger partial charge in [-0.1, -0.05) is 11.6 Å². The second kappa shape index (κ2) is 6.45. The summed E-state index contributed by atoms with van der Waals surface area (Å²) in [5.41, 5.74) is 0.356. The van der Waals surface area contributed by atoms with E-state index in [1.54, 1.807) is 18.0 Å². The second-order valence-corrected chi connectivity index (χ2v) is 3.74. The lowest BCUT2D eigenvalue weighted by molar-refractivity contribution is 0.0782. The zero-order valence-electron chi connectivity index (χ0n) is 8.78. The molecule has 1 heterocycles. The van der Waals surface area contributed by atoms with Crippen molar-refractivity contribution in [3.63, 3.8) is 0 Å². The number of rotatable bonds is 6. The molecule has 4 nitrogen and oxygen atoms in total. The number of amides is 1. The number of aromatic nitrogens is 1. The van der Waals surface area contributed by atoms with Crippen molar-refractivity contribution in [1.29, 1.82) is 0 Å². The topological polar surface area (TPSA) is 46.3 Å². The molecule has 1 aromatic heterocycles. The molecule has 0 saturated heterocycles. The molecule has 0 aliphatic rings. The Hall–Kier alpha value is -1.03. The number of alkyl halides is 1. The Balaban J connectivity index is 2.28. The van der Waals surface area contributed by atoms with Crippen LogP contribution in [0.15, 0.2) is 16.9 Å². The predicted octanol–water partition coefficient (Wildman–Crippen LogP) is 2.16. The number of halogens is 1. The average Bonchev–Trinajstić information content (AvgIpc) is 2.76. The Labute approximate surface area is 94.2 Å². The van der Waals surface area contributed by atoms with Gasteiger partial charge in [0.15, 0.2) is 5.69 Å². The molecule has 0 aliphatic heterocycles. The Morgan fingerprint density at radius 1 is 1.53 bits per heavy atom. The molecule has 84 valence electrons. The number of nitrogens with zero attached hydrogens (tertiary/aromatic N) is 2. The standard InChI is InChI=1S/C10H15ClN2O2/c1-13(7-4-2-3-6-11)10(14)9-5-8-15-12-9/h5,8H,2-4,6-7H2,1H3. The second-order valence-electron chi connectivity index (χ2n) is 3.36. The highest BCUT2D eigenvalue weighted by Gasteiger charge is 2.13. The van der Waals surface area contributed by atoms with Crippen LogP contribution in [0.1, 0.15) is 29.8 Å². The van der Waals surface area contributed by atoms with E-state index in [9.17, 15) is 4.79 Å². The van der Waals surface area contributed by atoms with E-state index in [4.69, 9.17) is 11.6 Å². The summed E-state index contributed by atoms with van der Waals surface area (Å²) in [6.07, 6.45) is 4.40. The van der Waals surface area contributed by atoms with E-state index < -0.39 is 0 Å². The van der Waals surface area contributed by atoms with E-state index in [1.807, 2.05) is 0 Å². The lowest BCUT2D eigenvalue weighted by Crippen LogP contribution is -2.27. The first kappa shape index (κ1) is 12.0. The number of carbonyl (C=O) groups excluding carboxylic acids is 1. The minimum atomic E-state index is -0.102. The molecular weight excluding hydrogens is 216 g/mol. The lowest BCUT2D eigenvalue weighted by atomic mass is 10.2. The van der Waals surface area contributed by atoms with Crippen molar-refractivity contribution >= 4 is 17.5 Å². The zero-order chi connectivity index (χ0) is 11.1. The molecule has 0 atom stereocenters.